The van der Waals surface area contributed by atoms with Crippen molar-refractivity contribution in [2.24, 2.45) is 0 Å². The van der Waals surface area contributed by atoms with Gasteiger partial charge >= 0.3 is 5.97 Å². The van der Waals surface area contributed by atoms with Gasteiger partial charge in [0.25, 0.3) is 11.8 Å². The Bertz CT molecular complexity index is 1200. The number of carbonyl (C=O) groups excluding carboxylic acids is 3. The van der Waals surface area contributed by atoms with Crippen molar-refractivity contribution < 1.29 is 23.9 Å². The number of aromatic amines is 1. The molecule has 3 N–H and O–H groups in total. The smallest absolute Gasteiger partial charge is 0.308 e. The normalized spacial score (nSPS) is 11.2. The molecule has 0 radical (unpaired) electrons. The van der Waals surface area contributed by atoms with Crippen molar-refractivity contribution in [3.8, 4) is 17.0 Å². The summed E-state index contributed by atoms with van der Waals surface area (Å²) in [6, 6.07) is 7.08. The second kappa shape index (κ2) is 9.68. The van der Waals surface area contributed by atoms with Crippen molar-refractivity contribution in [1.29, 1.82) is 0 Å². The van der Waals surface area contributed by atoms with Gasteiger partial charge in [0.2, 0.25) is 5.88 Å². The molecule has 2 heterocycles. The topological polar surface area (TPSA) is 135 Å². The number of hydrogen-bond donors (Lipinski definition) is 3. The lowest BCUT2D eigenvalue weighted by atomic mass is 10.0. The van der Waals surface area contributed by atoms with Crippen LogP contribution in [0.15, 0.2) is 30.5 Å². The zero-order chi connectivity index (χ0) is 24.2. The van der Waals surface area contributed by atoms with Crippen LogP contribution in [-0.4, -0.2) is 59.3 Å². The van der Waals surface area contributed by atoms with Gasteiger partial charge in [0.1, 0.15) is 11.2 Å². The second-order valence-corrected chi connectivity index (χ2v) is 8.28. The fourth-order valence-corrected chi connectivity index (χ4v) is 3.19. The zero-order valence-electron chi connectivity index (χ0n) is 19.2. The van der Waals surface area contributed by atoms with Crippen LogP contribution in [-0.2, 0) is 9.53 Å². The van der Waals surface area contributed by atoms with Gasteiger partial charge in [-0.2, -0.15) is 5.10 Å². The Hall–Kier alpha value is -3.95. The molecule has 1 aromatic carbocycles. The van der Waals surface area contributed by atoms with Crippen molar-refractivity contribution >= 4 is 28.7 Å². The Kier molecular flexibility index (Phi) is 6.95. The lowest BCUT2D eigenvalue weighted by Crippen LogP contribution is -2.30. The van der Waals surface area contributed by atoms with Crippen LogP contribution in [0.4, 0.5) is 0 Å². The van der Waals surface area contributed by atoms with Gasteiger partial charge in [-0.1, -0.05) is 6.07 Å². The first kappa shape index (κ1) is 23.7. The van der Waals surface area contributed by atoms with Crippen LogP contribution >= 0.6 is 0 Å². The fourth-order valence-electron chi connectivity index (χ4n) is 3.19. The monoisotopic (exact) mass is 453 g/mol. The first-order chi connectivity index (χ1) is 15.6. The van der Waals surface area contributed by atoms with E-state index in [4.69, 9.17) is 9.47 Å². The van der Waals surface area contributed by atoms with Gasteiger partial charge in [-0.05, 0) is 44.5 Å². The number of ether oxygens (including phenoxy) is 2. The molecule has 0 spiro atoms. The van der Waals surface area contributed by atoms with Crippen LogP contribution in [0.1, 0.15) is 48.0 Å². The molecule has 2 aromatic heterocycles. The van der Waals surface area contributed by atoms with Crippen molar-refractivity contribution in [2.75, 3.05) is 20.7 Å². The minimum atomic E-state index is -0.584. The van der Waals surface area contributed by atoms with Crippen molar-refractivity contribution in [3.05, 3.63) is 41.7 Å². The van der Waals surface area contributed by atoms with Crippen LogP contribution in [0.25, 0.3) is 22.0 Å². The molecule has 3 rings (SSSR count). The zero-order valence-corrected chi connectivity index (χ0v) is 19.2. The van der Waals surface area contributed by atoms with E-state index in [-0.39, 0.29) is 30.3 Å². The van der Waals surface area contributed by atoms with E-state index < -0.39 is 17.5 Å². The molecular formula is C23H27N5O5. The maximum absolute atomic E-state index is 12.8. The second-order valence-electron chi connectivity index (χ2n) is 8.28. The number of fused-ring (bicyclic) bond motifs is 1. The third kappa shape index (κ3) is 5.65. The number of pyridine rings is 1. The highest BCUT2D eigenvalue weighted by molar-refractivity contribution is 6.05. The number of carbonyl (C=O) groups is 3. The van der Waals surface area contributed by atoms with Gasteiger partial charge in [0.05, 0.1) is 19.0 Å². The number of nitrogens with zero attached hydrogens (tertiary/aromatic N) is 2. The summed E-state index contributed by atoms with van der Waals surface area (Å²) in [7, 11) is 2.97. The molecule has 0 unspecified atom stereocenters. The summed E-state index contributed by atoms with van der Waals surface area (Å²) < 4.78 is 10.5. The van der Waals surface area contributed by atoms with E-state index in [1.165, 1.54) is 7.11 Å². The molecule has 0 saturated heterocycles. The van der Waals surface area contributed by atoms with Gasteiger partial charge in [-0.15, -0.1) is 0 Å². The van der Waals surface area contributed by atoms with Gasteiger partial charge in [-0.25, -0.2) is 4.98 Å². The van der Waals surface area contributed by atoms with Crippen LogP contribution < -0.4 is 15.4 Å². The summed E-state index contributed by atoms with van der Waals surface area (Å²) in [6.07, 6.45) is 1.64. The number of esters is 1. The molecule has 0 bridgehead atoms. The maximum atomic E-state index is 12.8. The van der Waals surface area contributed by atoms with E-state index in [1.54, 1.807) is 46.1 Å². The molecule has 10 nitrogen and oxygen atoms in total. The van der Waals surface area contributed by atoms with E-state index in [0.29, 0.717) is 22.2 Å². The summed E-state index contributed by atoms with van der Waals surface area (Å²) in [5.74, 6) is -0.941. The van der Waals surface area contributed by atoms with Crippen molar-refractivity contribution in [2.45, 2.75) is 32.8 Å². The first-order valence-electron chi connectivity index (χ1n) is 10.4. The summed E-state index contributed by atoms with van der Waals surface area (Å²) in [4.78, 5) is 40.8. The van der Waals surface area contributed by atoms with E-state index in [0.717, 1.165) is 5.56 Å². The molecule has 174 valence electrons. The first-order valence-corrected chi connectivity index (χ1v) is 10.4. The molecule has 2 amide bonds. The van der Waals surface area contributed by atoms with Crippen LogP contribution in [0.5, 0.6) is 5.88 Å². The molecule has 33 heavy (non-hydrogen) atoms. The molecule has 0 aliphatic rings. The lowest BCUT2D eigenvalue weighted by molar-refractivity contribution is -0.154. The van der Waals surface area contributed by atoms with E-state index in [9.17, 15) is 14.4 Å². The Morgan fingerprint density at radius 1 is 1.09 bits per heavy atom. The number of methoxy groups -OCH3 is 1. The number of rotatable bonds is 7. The Balaban J connectivity index is 1.80. The van der Waals surface area contributed by atoms with E-state index in [2.05, 4.69) is 25.8 Å². The minimum absolute atomic E-state index is 0.0443. The predicted molar refractivity (Wildman–Crippen MR) is 122 cm³/mol. The van der Waals surface area contributed by atoms with Gasteiger partial charge in [0.15, 0.2) is 5.69 Å². The molecule has 0 atom stereocenters. The van der Waals surface area contributed by atoms with Crippen molar-refractivity contribution in [1.82, 2.24) is 25.8 Å². The third-order valence-corrected chi connectivity index (χ3v) is 4.66. The molecule has 10 heteroatoms. The number of aromatic nitrogens is 3. The maximum Gasteiger partial charge on any atom is 0.308 e. The Morgan fingerprint density at radius 2 is 1.85 bits per heavy atom. The van der Waals surface area contributed by atoms with Crippen LogP contribution in [0.3, 0.4) is 0 Å². The number of H-pyrrole nitrogens is 1. The van der Waals surface area contributed by atoms with Gasteiger partial charge in [-0.3, -0.25) is 19.5 Å². The standard InChI is InChI=1S/C23H27N5O5/c1-23(2,3)33-18(29)8-9-25-20(30)16-10-14(12-26-22(16)32-5)13-6-7-15-17(11-13)27-28-19(15)21(31)24-4/h6-7,10-12H,8-9H2,1-5H3,(H,24,31)(H,25,30)(H,27,28). The SMILES string of the molecule is CNC(=O)c1n[nH]c2cc(-c3cnc(OC)c(C(=O)NCCC(=O)OC(C)(C)C)c3)ccc12. The Labute approximate surface area is 191 Å². The molecule has 0 aliphatic heterocycles. The third-order valence-electron chi connectivity index (χ3n) is 4.66. The molecule has 0 aliphatic carbocycles. The average molecular weight is 453 g/mol. The number of benzene rings is 1. The van der Waals surface area contributed by atoms with Gasteiger partial charge < -0.3 is 20.1 Å². The molecule has 0 fully saturated rings. The Morgan fingerprint density at radius 3 is 2.52 bits per heavy atom. The van der Waals surface area contributed by atoms with Crippen molar-refractivity contribution in [3.63, 3.8) is 0 Å². The average Bonchev–Trinajstić information content (AvgIpc) is 3.20. The highest BCUT2D eigenvalue weighted by Crippen LogP contribution is 2.28. The number of hydrogen-bond acceptors (Lipinski definition) is 7. The van der Waals surface area contributed by atoms with Crippen LogP contribution in [0.2, 0.25) is 0 Å². The number of nitrogens with one attached hydrogen (secondary N) is 3. The highest BCUT2D eigenvalue weighted by atomic mass is 16.6. The highest BCUT2D eigenvalue weighted by Gasteiger charge is 2.19. The van der Waals surface area contributed by atoms with E-state index in [1.807, 2.05) is 12.1 Å². The largest absolute Gasteiger partial charge is 0.480 e. The van der Waals surface area contributed by atoms with Gasteiger partial charge in [0, 0.05) is 30.7 Å². The summed E-state index contributed by atoms with van der Waals surface area (Å²) >= 11 is 0. The quantitative estimate of drug-likeness (QED) is 0.468. The van der Waals surface area contributed by atoms with E-state index >= 15 is 0 Å². The lowest BCUT2D eigenvalue weighted by Gasteiger charge is -2.19. The molecule has 0 saturated carbocycles. The molecule has 3 aromatic rings. The summed E-state index contributed by atoms with van der Waals surface area (Å²) in [5, 5.41) is 12.9. The fraction of sp³-hybridized carbons (Fsp3) is 0.348. The minimum Gasteiger partial charge on any atom is -0.480 e. The number of amides is 2. The molecular weight excluding hydrogens is 426 g/mol. The summed E-state index contributed by atoms with van der Waals surface area (Å²) in [5.41, 5.74) is 2.07. The predicted octanol–water partition coefficient (Wildman–Crippen LogP) is 2.45. The van der Waals surface area contributed by atoms with Crippen LogP contribution in [0, 0.1) is 0 Å². The summed E-state index contributed by atoms with van der Waals surface area (Å²) in [6.45, 7) is 5.46.